The van der Waals surface area contributed by atoms with Gasteiger partial charge in [-0.2, -0.15) is 4.52 Å². The topological polar surface area (TPSA) is 108 Å². The zero-order valence-corrected chi connectivity index (χ0v) is 15.8. The van der Waals surface area contributed by atoms with Gasteiger partial charge in [-0.3, -0.25) is 4.79 Å². The van der Waals surface area contributed by atoms with Crippen LogP contribution in [0.2, 0.25) is 0 Å². The predicted molar refractivity (Wildman–Crippen MR) is 100 cm³/mol. The zero-order valence-electron chi connectivity index (χ0n) is 15.8. The number of fused-ring (bicyclic) bond motifs is 1. The molecular formula is C19H21N5O4. The van der Waals surface area contributed by atoms with Gasteiger partial charge in [0.05, 0.1) is 7.11 Å². The van der Waals surface area contributed by atoms with Crippen molar-refractivity contribution in [2.45, 2.75) is 26.3 Å². The number of methoxy groups -OCH3 is 1. The molecular weight excluding hydrogens is 362 g/mol. The summed E-state index contributed by atoms with van der Waals surface area (Å²) in [6.45, 7) is 3.94. The molecule has 0 aliphatic rings. The fourth-order valence-electron chi connectivity index (χ4n) is 2.66. The molecule has 0 bridgehead atoms. The van der Waals surface area contributed by atoms with Gasteiger partial charge in [-0.25, -0.2) is 4.79 Å². The molecule has 0 spiro atoms. The quantitative estimate of drug-likeness (QED) is 0.623. The Kier molecular flexibility index (Phi) is 5.83. The molecule has 2 heterocycles. The minimum Gasteiger partial charge on any atom is -0.467 e. The van der Waals surface area contributed by atoms with E-state index < -0.39 is 12.0 Å². The third-order valence-corrected chi connectivity index (χ3v) is 3.95. The second-order valence-corrected chi connectivity index (χ2v) is 6.61. The summed E-state index contributed by atoms with van der Waals surface area (Å²) in [7, 11) is 1.30. The van der Waals surface area contributed by atoms with Crippen molar-refractivity contribution in [2.75, 3.05) is 7.11 Å². The van der Waals surface area contributed by atoms with Gasteiger partial charge in [0.1, 0.15) is 18.1 Å². The van der Waals surface area contributed by atoms with Gasteiger partial charge in [-0.15, -0.1) is 15.3 Å². The molecule has 0 radical (unpaired) electrons. The van der Waals surface area contributed by atoms with Crippen LogP contribution in [-0.2, 0) is 9.53 Å². The van der Waals surface area contributed by atoms with E-state index in [1.165, 1.54) is 18.0 Å². The summed E-state index contributed by atoms with van der Waals surface area (Å²) in [5.41, 5.74) is 0.958. The number of esters is 1. The maximum absolute atomic E-state index is 12.6. The summed E-state index contributed by atoms with van der Waals surface area (Å²) in [6.07, 6.45) is 1.95. The van der Waals surface area contributed by atoms with Crippen molar-refractivity contribution in [3.8, 4) is 11.6 Å². The average Bonchev–Trinajstić information content (AvgIpc) is 3.14. The summed E-state index contributed by atoms with van der Waals surface area (Å²) < 4.78 is 12.0. The van der Waals surface area contributed by atoms with E-state index in [4.69, 9.17) is 9.47 Å². The highest BCUT2D eigenvalue weighted by atomic mass is 16.5. The first kappa shape index (κ1) is 19.3. The van der Waals surface area contributed by atoms with Crippen LogP contribution in [0.1, 0.15) is 30.6 Å². The monoisotopic (exact) mass is 383 g/mol. The van der Waals surface area contributed by atoms with Crippen molar-refractivity contribution in [1.29, 1.82) is 0 Å². The van der Waals surface area contributed by atoms with Crippen LogP contribution in [-0.4, -0.2) is 44.8 Å². The number of carbonyl (C=O) groups excluding carboxylic acids is 2. The first-order chi connectivity index (χ1) is 13.5. The first-order valence-corrected chi connectivity index (χ1v) is 8.80. The van der Waals surface area contributed by atoms with E-state index >= 15 is 0 Å². The maximum Gasteiger partial charge on any atom is 0.328 e. The van der Waals surface area contributed by atoms with Crippen molar-refractivity contribution in [3.05, 3.63) is 48.3 Å². The molecule has 1 aromatic carbocycles. The second kappa shape index (κ2) is 8.47. The Bertz CT molecular complexity index is 985. The summed E-state index contributed by atoms with van der Waals surface area (Å²) in [6, 6.07) is 9.29. The number of nitrogens with one attached hydrogen (secondary N) is 1. The Hall–Kier alpha value is -3.49. The summed E-state index contributed by atoms with van der Waals surface area (Å²) >= 11 is 0. The molecule has 1 atom stereocenters. The minimum atomic E-state index is -0.708. The van der Waals surface area contributed by atoms with Gasteiger partial charge >= 0.3 is 5.97 Å². The number of benzene rings is 1. The summed E-state index contributed by atoms with van der Waals surface area (Å²) in [4.78, 5) is 24.5. The highest BCUT2D eigenvalue weighted by Crippen LogP contribution is 2.21. The molecule has 3 aromatic rings. The zero-order chi connectivity index (χ0) is 20.1. The number of rotatable bonds is 7. The lowest BCUT2D eigenvalue weighted by Crippen LogP contribution is -2.42. The van der Waals surface area contributed by atoms with Crippen LogP contribution in [0.3, 0.4) is 0 Å². The summed E-state index contributed by atoms with van der Waals surface area (Å²) in [5, 5.41) is 14.6. The van der Waals surface area contributed by atoms with Crippen LogP contribution >= 0.6 is 0 Å². The van der Waals surface area contributed by atoms with E-state index in [1.54, 1.807) is 36.4 Å². The van der Waals surface area contributed by atoms with Gasteiger partial charge in [-0.05, 0) is 36.6 Å². The Morgan fingerprint density at radius 1 is 1.21 bits per heavy atom. The Balaban J connectivity index is 1.73. The molecule has 3 rings (SSSR count). The van der Waals surface area contributed by atoms with Gasteiger partial charge in [0.15, 0.2) is 5.65 Å². The highest BCUT2D eigenvalue weighted by molar-refractivity contribution is 5.97. The van der Waals surface area contributed by atoms with E-state index in [1.807, 2.05) is 13.8 Å². The third kappa shape index (κ3) is 4.61. The molecule has 0 fully saturated rings. The van der Waals surface area contributed by atoms with Crippen molar-refractivity contribution in [3.63, 3.8) is 0 Å². The van der Waals surface area contributed by atoms with Gasteiger partial charge in [0, 0.05) is 11.6 Å². The van der Waals surface area contributed by atoms with Gasteiger partial charge < -0.3 is 14.8 Å². The fourth-order valence-corrected chi connectivity index (χ4v) is 2.66. The largest absolute Gasteiger partial charge is 0.467 e. The predicted octanol–water partition coefficient (Wildman–Crippen LogP) is 2.23. The van der Waals surface area contributed by atoms with Gasteiger partial charge in [-0.1, -0.05) is 19.9 Å². The molecule has 0 saturated heterocycles. The van der Waals surface area contributed by atoms with Crippen LogP contribution < -0.4 is 10.1 Å². The average molecular weight is 383 g/mol. The third-order valence-electron chi connectivity index (χ3n) is 3.95. The van der Waals surface area contributed by atoms with E-state index in [-0.39, 0.29) is 11.8 Å². The number of hydrogen-bond acceptors (Lipinski definition) is 7. The summed E-state index contributed by atoms with van der Waals surface area (Å²) in [5.74, 6) is 0.130. The van der Waals surface area contributed by atoms with E-state index in [9.17, 15) is 9.59 Å². The lowest BCUT2D eigenvalue weighted by molar-refractivity contribution is -0.143. The van der Waals surface area contributed by atoms with Crippen LogP contribution in [0.25, 0.3) is 5.65 Å². The van der Waals surface area contributed by atoms with Crippen molar-refractivity contribution in [1.82, 2.24) is 25.1 Å². The SMILES string of the molecule is COC(=O)[C@@H](CC(C)C)NC(=O)c1cccc(Oc2ccc3nncn3n2)c1. The molecule has 1 N–H and O–H groups in total. The lowest BCUT2D eigenvalue weighted by atomic mass is 10.0. The Labute approximate surface area is 161 Å². The van der Waals surface area contributed by atoms with E-state index in [2.05, 4.69) is 20.6 Å². The molecule has 0 aliphatic heterocycles. The van der Waals surface area contributed by atoms with Crippen molar-refractivity contribution < 1.29 is 19.1 Å². The number of nitrogens with zero attached hydrogens (tertiary/aromatic N) is 4. The number of amides is 1. The fraction of sp³-hybridized carbons (Fsp3) is 0.316. The van der Waals surface area contributed by atoms with Crippen LogP contribution in [0, 0.1) is 5.92 Å². The van der Waals surface area contributed by atoms with Crippen molar-refractivity contribution in [2.24, 2.45) is 5.92 Å². The molecule has 0 saturated carbocycles. The Morgan fingerprint density at radius 2 is 2.04 bits per heavy atom. The molecule has 28 heavy (non-hydrogen) atoms. The van der Waals surface area contributed by atoms with Crippen LogP contribution in [0.15, 0.2) is 42.7 Å². The molecule has 9 nitrogen and oxygen atoms in total. The smallest absolute Gasteiger partial charge is 0.328 e. The molecule has 2 aromatic heterocycles. The molecule has 0 unspecified atom stereocenters. The molecule has 1 amide bonds. The van der Waals surface area contributed by atoms with Gasteiger partial charge in [0.2, 0.25) is 5.88 Å². The van der Waals surface area contributed by atoms with E-state index in [0.29, 0.717) is 29.3 Å². The Morgan fingerprint density at radius 3 is 2.79 bits per heavy atom. The lowest BCUT2D eigenvalue weighted by Gasteiger charge is -2.18. The molecule has 0 aliphatic carbocycles. The van der Waals surface area contributed by atoms with E-state index in [0.717, 1.165) is 0 Å². The standard InChI is InChI=1S/C19H21N5O4/c1-12(2)9-15(19(26)27-3)21-18(25)13-5-4-6-14(10-13)28-17-8-7-16-22-20-11-24(16)23-17/h4-8,10-12,15H,9H2,1-3H3,(H,21,25)/t15-/m1/s1. The maximum atomic E-state index is 12.6. The van der Waals surface area contributed by atoms with Crippen LogP contribution in [0.4, 0.5) is 0 Å². The molecule has 146 valence electrons. The second-order valence-electron chi connectivity index (χ2n) is 6.61. The molecule has 9 heteroatoms. The normalized spacial score (nSPS) is 12.0. The first-order valence-electron chi connectivity index (χ1n) is 8.80. The number of aromatic nitrogens is 4. The number of hydrogen-bond donors (Lipinski definition) is 1. The van der Waals surface area contributed by atoms with Crippen molar-refractivity contribution >= 4 is 17.5 Å². The number of carbonyl (C=O) groups is 2. The highest BCUT2D eigenvalue weighted by Gasteiger charge is 2.23. The number of ether oxygens (including phenoxy) is 2. The minimum absolute atomic E-state index is 0.220. The van der Waals surface area contributed by atoms with Crippen LogP contribution in [0.5, 0.6) is 11.6 Å². The van der Waals surface area contributed by atoms with Gasteiger partial charge in [0.25, 0.3) is 5.91 Å².